The minimum absolute atomic E-state index is 0.0914. The van der Waals surface area contributed by atoms with Crippen molar-refractivity contribution in [2.24, 2.45) is 0 Å². The number of anilines is 2. The van der Waals surface area contributed by atoms with Gasteiger partial charge >= 0.3 is 5.97 Å². The quantitative estimate of drug-likeness (QED) is 0.148. The molecule has 0 amide bonds. The molecule has 36 heavy (non-hydrogen) atoms. The molecule has 0 saturated carbocycles. The number of hydrogen-bond acceptors (Lipinski definition) is 4. The number of rotatable bonds is 15. The van der Waals surface area contributed by atoms with E-state index in [2.05, 4.69) is 6.92 Å². The summed E-state index contributed by atoms with van der Waals surface area (Å²) in [5.41, 5.74) is 16.1. The van der Waals surface area contributed by atoms with E-state index < -0.39 is 5.97 Å². The first-order chi connectivity index (χ1) is 17.6. The first-order valence-corrected chi connectivity index (χ1v) is 13.3. The van der Waals surface area contributed by atoms with Gasteiger partial charge in [-0.1, -0.05) is 125 Å². The summed E-state index contributed by atoms with van der Waals surface area (Å²) in [5, 5.41) is 10.2. The molecule has 0 fully saturated rings. The summed E-state index contributed by atoms with van der Waals surface area (Å²) in [6, 6.07) is 18.7. The molecule has 3 rings (SSSR count). The molecular weight excluding hydrogens is 448 g/mol. The minimum atomic E-state index is -1.08. The minimum Gasteiger partial charge on any atom is -0.489 e. The highest BCUT2D eigenvalue weighted by Gasteiger charge is 2.27. The first-order valence-electron chi connectivity index (χ1n) is 13.3. The van der Waals surface area contributed by atoms with E-state index in [1.165, 1.54) is 51.4 Å². The smallest absolute Gasteiger partial charge is 0.337 e. The Labute approximate surface area is 215 Å². The van der Waals surface area contributed by atoms with Crippen LogP contribution in [-0.4, -0.2) is 17.7 Å². The van der Waals surface area contributed by atoms with E-state index in [0.29, 0.717) is 34.6 Å². The molecule has 5 heteroatoms. The van der Waals surface area contributed by atoms with Crippen LogP contribution in [0.15, 0.2) is 60.7 Å². The zero-order valence-corrected chi connectivity index (χ0v) is 21.5. The van der Waals surface area contributed by atoms with Crippen molar-refractivity contribution in [3.05, 3.63) is 66.2 Å². The largest absolute Gasteiger partial charge is 0.489 e. The third-order valence-corrected chi connectivity index (χ3v) is 6.61. The van der Waals surface area contributed by atoms with Crippen molar-refractivity contribution in [3.8, 4) is 28.0 Å². The molecule has 5 N–H and O–H groups in total. The number of hydrogen-bond donors (Lipinski definition) is 3. The van der Waals surface area contributed by atoms with Gasteiger partial charge in [0.15, 0.2) is 5.75 Å². The average Bonchev–Trinajstić information content (AvgIpc) is 2.89. The third kappa shape index (κ3) is 7.03. The maximum atomic E-state index is 12.5. The third-order valence-electron chi connectivity index (χ3n) is 6.61. The van der Waals surface area contributed by atoms with Gasteiger partial charge in [0.05, 0.1) is 23.5 Å². The monoisotopic (exact) mass is 488 g/mol. The predicted octanol–water partition coefficient (Wildman–Crippen LogP) is 8.18. The Balaban J connectivity index is 1.78. The highest BCUT2D eigenvalue weighted by atomic mass is 16.5. The standard InChI is InChI=1S/C31H40N2O3/c1-2-3-4-5-6-7-8-9-10-17-22-36-30-28(32)25(23-18-13-11-14-19-23)27(31(34)35)26(29(30)33)24-20-15-12-16-21-24/h11-16,18-21H,2-10,17,22,32-33H2,1H3,(H,34,35). The van der Waals surface area contributed by atoms with E-state index in [4.69, 9.17) is 16.2 Å². The molecule has 192 valence electrons. The summed E-state index contributed by atoms with van der Waals surface area (Å²) in [7, 11) is 0. The van der Waals surface area contributed by atoms with Crippen LogP contribution in [0.1, 0.15) is 81.5 Å². The Morgan fingerprint density at radius 1 is 0.694 bits per heavy atom. The first kappa shape index (κ1) is 27.1. The number of ether oxygens (including phenoxy) is 1. The lowest BCUT2D eigenvalue weighted by molar-refractivity contribution is 0.0698. The van der Waals surface area contributed by atoms with Crippen LogP contribution in [0.25, 0.3) is 22.3 Å². The lowest BCUT2D eigenvalue weighted by Gasteiger charge is -2.22. The molecule has 0 saturated heterocycles. The summed E-state index contributed by atoms with van der Waals surface area (Å²) in [6.07, 6.45) is 12.4. The van der Waals surface area contributed by atoms with E-state index in [-0.39, 0.29) is 16.9 Å². The zero-order valence-electron chi connectivity index (χ0n) is 21.5. The number of benzene rings is 3. The van der Waals surface area contributed by atoms with Crippen molar-refractivity contribution in [3.63, 3.8) is 0 Å². The molecule has 0 spiro atoms. The molecule has 0 unspecified atom stereocenters. The molecule has 0 aliphatic rings. The topological polar surface area (TPSA) is 98.6 Å². The lowest BCUT2D eigenvalue weighted by atomic mass is 9.88. The molecule has 0 aliphatic heterocycles. The van der Waals surface area contributed by atoms with Gasteiger partial charge in [0.2, 0.25) is 0 Å². The predicted molar refractivity (Wildman–Crippen MR) is 150 cm³/mol. The van der Waals surface area contributed by atoms with Crippen LogP contribution in [-0.2, 0) is 0 Å². The van der Waals surface area contributed by atoms with Crippen LogP contribution < -0.4 is 16.2 Å². The van der Waals surface area contributed by atoms with Gasteiger partial charge in [-0.3, -0.25) is 0 Å². The Morgan fingerprint density at radius 3 is 1.53 bits per heavy atom. The number of aromatic carboxylic acids is 1. The van der Waals surface area contributed by atoms with E-state index in [1.807, 2.05) is 60.7 Å². The summed E-state index contributed by atoms with van der Waals surface area (Å²) in [4.78, 5) is 12.5. The maximum absolute atomic E-state index is 12.5. The fourth-order valence-electron chi connectivity index (χ4n) is 4.71. The molecule has 0 aromatic heterocycles. The Kier molecular flexibility index (Phi) is 10.7. The molecule has 0 atom stereocenters. The van der Waals surface area contributed by atoms with Crippen molar-refractivity contribution < 1.29 is 14.6 Å². The Morgan fingerprint density at radius 2 is 1.11 bits per heavy atom. The zero-order chi connectivity index (χ0) is 25.8. The second kappa shape index (κ2) is 14.2. The van der Waals surface area contributed by atoms with Crippen LogP contribution >= 0.6 is 0 Å². The van der Waals surface area contributed by atoms with Gasteiger partial charge < -0.3 is 21.3 Å². The highest BCUT2D eigenvalue weighted by Crippen LogP contribution is 2.48. The summed E-state index contributed by atoms with van der Waals surface area (Å²) < 4.78 is 6.16. The van der Waals surface area contributed by atoms with E-state index in [9.17, 15) is 9.90 Å². The molecule has 0 heterocycles. The maximum Gasteiger partial charge on any atom is 0.337 e. The molecule has 0 aliphatic carbocycles. The van der Waals surface area contributed by atoms with E-state index in [0.717, 1.165) is 12.8 Å². The fraction of sp³-hybridized carbons (Fsp3) is 0.387. The average molecular weight is 489 g/mol. The van der Waals surface area contributed by atoms with Gasteiger partial charge in [-0.05, 0) is 17.5 Å². The number of nitrogens with two attached hydrogens (primary N) is 2. The normalized spacial score (nSPS) is 10.9. The van der Waals surface area contributed by atoms with Gasteiger partial charge in [0.25, 0.3) is 0 Å². The Hall–Kier alpha value is -3.47. The van der Waals surface area contributed by atoms with Gasteiger partial charge in [0.1, 0.15) is 0 Å². The lowest BCUT2D eigenvalue weighted by Crippen LogP contribution is -2.12. The SMILES string of the molecule is CCCCCCCCCCCCOc1c(N)c(-c2ccccc2)c(C(=O)O)c(-c2ccccc2)c1N. The summed E-state index contributed by atoms with van der Waals surface area (Å²) >= 11 is 0. The number of carboxylic acid groups (broad SMARTS) is 1. The van der Waals surface area contributed by atoms with Crippen molar-refractivity contribution in [1.29, 1.82) is 0 Å². The van der Waals surface area contributed by atoms with Crippen molar-refractivity contribution in [2.75, 3.05) is 18.1 Å². The van der Waals surface area contributed by atoms with Crippen molar-refractivity contribution in [2.45, 2.75) is 71.1 Å². The highest BCUT2D eigenvalue weighted by molar-refractivity contribution is 6.11. The van der Waals surface area contributed by atoms with Crippen LogP contribution in [0, 0.1) is 0 Å². The number of carboxylic acids is 1. The van der Waals surface area contributed by atoms with E-state index in [1.54, 1.807) is 0 Å². The second-order valence-electron chi connectivity index (χ2n) is 9.35. The molecule has 0 bridgehead atoms. The van der Waals surface area contributed by atoms with Crippen LogP contribution in [0.2, 0.25) is 0 Å². The van der Waals surface area contributed by atoms with Crippen molar-refractivity contribution >= 4 is 17.3 Å². The number of unbranched alkanes of at least 4 members (excludes halogenated alkanes) is 9. The van der Waals surface area contributed by atoms with Crippen LogP contribution in [0.3, 0.4) is 0 Å². The Bertz CT molecular complexity index is 1030. The second-order valence-corrected chi connectivity index (χ2v) is 9.35. The van der Waals surface area contributed by atoms with Crippen LogP contribution in [0.4, 0.5) is 11.4 Å². The van der Waals surface area contributed by atoms with Gasteiger partial charge in [-0.2, -0.15) is 0 Å². The van der Waals surface area contributed by atoms with Gasteiger partial charge in [-0.15, -0.1) is 0 Å². The number of nitrogen functional groups attached to an aromatic ring is 2. The molecule has 3 aromatic rings. The van der Waals surface area contributed by atoms with E-state index >= 15 is 0 Å². The summed E-state index contributed by atoms with van der Waals surface area (Å²) in [5.74, 6) is -0.707. The molecule has 3 aromatic carbocycles. The van der Waals surface area contributed by atoms with Gasteiger partial charge in [-0.25, -0.2) is 4.79 Å². The fourth-order valence-corrected chi connectivity index (χ4v) is 4.71. The van der Waals surface area contributed by atoms with Gasteiger partial charge in [0, 0.05) is 11.1 Å². The van der Waals surface area contributed by atoms with Crippen LogP contribution in [0.5, 0.6) is 5.75 Å². The summed E-state index contributed by atoms with van der Waals surface area (Å²) in [6.45, 7) is 2.73. The molecule has 5 nitrogen and oxygen atoms in total. The number of carbonyl (C=O) groups is 1. The molecule has 0 radical (unpaired) electrons. The molecular formula is C31H40N2O3. The van der Waals surface area contributed by atoms with Crippen molar-refractivity contribution in [1.82, 2.24) is 0 Å².